The maximum absolute atomic E-state index is 10.1. The molecular weight excluding hydrogens is 198 g/mol. The Morgan fingerprint density at radius 1 is 1.50 bits per heavy atom. The van der Waals surface area contributed by atoms with Gasteiger partial charge in [0.2, 0.25) is 0 Å². The van der Waals surface area contributed by atoms with Crippen molar-refractivity contribution in [1.29, 1.82) is 0 Å². The molecule has 0 radical (unpaired) electrons. The summed E-state index contributed by atoms with van der Waals surface area (Å²) in [4.78, 5) is 0. The van der Waals surface area contributed by atoms with E-state index >= 15 is 0 Å². The number of hydrogen-bond donors (Lipinski definition) is 2. The first kappa shape index (κ1) is 9.97. The van der Waals surface area contributed by atoms with Gasteiger partial charge in [-0.05, 0) is 30.5 Å². The van der Waals surface area contributed by atoms with Crippen molar-refractivity contribution in [2.45, 2.75) is 18.9 Å². The van der Waals surface area contributed by atoms with Gasteiger partial charge < -0.3 is 10.8 Å². The van der Waals surface area contributed by atoms with Crippen molar-refractivity contribution in [2.24, 2.45) is 11.1 Å². The Hall–Kier alpha value is -0.570. The van der Waals surface area contributed by atoms with Gasteiger partial charge in [-0.25, -0.2) is 0 Å². The van der Waals surface area contributed by atoms with Crippen LogP contribution in [0.1, 0.15) is 24.5 Å². The second kappa shape index (κ2) is 3.54. The molecule has 0 heterocycles. The normalized spacial score (nSPS) is 20.5. The van der Waals surface area contributed by atoms with E-state index in [1.165, 1.54) is 0 Å². The third kappa shape index (κ3) is 1.65. The molecule has 0 amide bonds. The van der Waals surface area contributed by atoms with E-state index in [-0.39, 0.29) is 5.41 Å². The molecule has 1 fully saturated rings. The first-order valence-electron chi connectivity index (χ1n) is 4.81. The number of aliphatic hydroxyl groups excluding tert-OH is 1. The summed E-state index contributed by atoms with van der Waals surface area (Å²) in [5, 5.41) is 10.8. The van der Waals surface area contributed by atoms with Crippen LogP contribution in [0, 0.1) is 5.41 Å². The van der Waals surface area contributed by atoms with Gasteiger partial charge in [0.15, 0.2) is 0 Å². The van der Waals surface area contributed by atoms with E-state index in [1.807, 2.05) is 18.2 Å². The Labute approximate surface area is 88.7 Å². The van der Waals surface area contributed by atoms with Crippen molar-refractivity contribution in [3.05, 3.63) is 34.9 Å². The van der Waals surface area contributed by atoms with E-state index in [2.05, 4.69) is 0 Å². The largest absolute Gasteiger partial charge is 0.388 e. The van der Waals surface area contributed by atoms with Gasteiger partial charge in [-0.2, -0.15) is 0 Å². The average Bonchev–Trinajstić information content (AvgIpc) is 2.97. The SMILES string of the molecule is NCC1([C@@H](O)c2cccc(Cl)c2)CC1. The standard InChI is InChI=1S/C11H14ClNO/c12-9-3-1-2-8(6-9)10(14)11(7-13)4-5-11/h1-3,6,10,14H,4-5,7,13H2/t10-/m0/s1. The van der Waals surface area contributed by atoms with Gasteiger partial charge in [-0.1, -0.05) is 23.7 Å². The van der Waals surface area contributed by atoms with Crippen LogP contribution in [0.3, 0.4) is 0 Å². The highest BCUT2D eigenvalue weighted by atomic mass is 35.5. The zero-order valence-electron chi connectivity index (χ0n) is 7.91. The Morgan fingerprint density at radius 2 is 2.21 bits per heavy atom. The van der Waals surface area contributed by atoms with Gasteiger partial charge in [0.1, 0.15) is 0 Å². The van der Waals surface area contributed by atoms with Crippen LogP contribution in [0.15, 0.2) is 24.3 Å². The minimum Gasteiger partial charge on any atom is -0.388 e. The smallest absolute Gasteiger partial charge is 0.0858 e. The van der Waals surface area contributed by atoms with Crippen LogP contribution < -0.4 is 5.73 Å². The first-order chi connectivity index (χ1) is 6.68. The van der Waals surface area contributed by atoms with Crippen molar-refractivity contribution in [2.75, 3.05) is 6.54 Å². The predicted octanol–water partition coefficient (Wildman–Crippen LogP) is 2.11. The minimum atomic E-state index is -0.466. The summed E-state index contributed by atoms with van der Waals surface area (Å²) in [5.74, 6) is 0. The van der Waals surface area contributed by atoms with E-state index in [1.54, 1.807) is 6.07 Å². The molecule has 3 N–H and O–H groups in total. The Bertz CT molecular complexity index is 336. The third-order valence-corrected chi connectivity index (χ3v) is 3.28. The lowest BCUT2D eigenvalue weighted by Gasteiger charge is -2.20. The number of rotatable bonds is 3. The fourth-order valence-corrected chi connectivity index (χ4v) is 1.98. The van der Waals surface area contributed by atoms with E-state index in [9.17, 15) is 5.11 Å². The molecule has 0 bridgehead atoms. The molecule has 1 aliphatic rings. The van der Waals surface area contributed by atoms with E-state index in [4.69, 9.17) is 17.3 Å². The maximum Gasteiger partial charge on any atom is 0.0858 e. The molecule has 0 aliphatic heterocycles. The van der Waals surface area contributed by atoms with Gasteiger partial charge in [-0.3, -0.25) is 0 Å². The van der Waals surface area contributed by atoms with Gasteiger partial charge in [0.05, 0.1) is 6.10 Å². The number of benzene rings is 1. The third-order valence-electron chi connectivity index (χ3n) is 3.04. The average molecular weight is 212 g/mol. The maximum atomic E-state index is 10.1. The topological polar surface area (TPSA) is 46.2 Å². The molecule has 0 aromatic heterocycles. The molecule has 0 unspecified atom stereocenters. The lowest BCUT2D eigenvalue weighted by molar-refractivity contribution is 0.0975. The molecule has 1 aromatic rings. The van der Waals surface area contributed by atoms with Crippen molar-refractivity contribution in [3.63, 3.8) is 0 Å². The molecule has 1 aliphatic carbocycles. The highest BCUT2D eigenvalue weighted by molar-refractivity contribution is 6.30. The lowest BCUT2D eigenvalue weighted by Crippen LogP contribution is -2.23. The molecule has 1 aromatic carbocycles. The van der Waals surface area contributed by atoms with Crippen LogP contribution >= 0.6 is 11.6 Å². The van der Waals surface area contributed by atoms with Crippen LogP contribution in [0.25, 0.3) is 0 Å². The van der Waals surface area contributed by atoms with Crippen molar-refractivity contribution in [3.8, 4) is 0 Å². The van der Waals surface area contributed by atoms with Gasteiger partial charge in [0, 0.05) is 17.0 Å². The predicted molar refractivity (Wildman–Crippen MR) is 57.1 cm³/mol. The van der Waals surface area contributed by atoms with Gasteiger partial charge in [-0.15, -0.1) is 0 Å². The van der Waals surface area contributed by atoms with Crippen LogP contribution in [0.5, 0.6) is 0 Å². The molecule has 14 heavy (non-hydrogen) atoms. The van der Waals surface area contributed by atoms with Crippen LogP contribution in [-0.4, -0.2) is 11.7 Å². The number of halogens is 1. The second-order valence-corrected chi connectivity index (χ2v) is 4.46. The number of aliphatic hydroxyl groups is 1. The quantitative estimate of drug-likeness (QED) is 0.805. The zero-order valence-corrected chi connectivity index (χ0v) is 8.67. The highest BCUT2D eigenvalue weighted by Gasteiger charge is 2.48. The molecule has 2 rings (SSSR count). The van der Waals surface area contributed by atoms with Crippen LogP contribution in [0.4, 0.5) is 0 Å². The Balaban J connectivity index is 2.23. The molecule has 1 atom stereocenters. The molecule has 3 heteroatoms. The van der Waals surface area contributed by atoms with Crippen LogP contribution in [0.2, 0.25) is 5.02 Å². The molecule has 76 valence electrons. The summed E-state index contributed by atoms with van der Waals surface area (Å²) in [6.45, 7) is 0.542. The fourth-order valence-electron chi connectivity index (χ4n) is 1.78. The van der Waals surface area contributed by atoms with E-state index in [0.717, 1.165) is 18.4 Å². The first-order valence-corrected chi connectivity index (χ1v) is 5.19. The van der Waals surface area contributed by atoms with Gasteiger partial charge in [0.25, 0.3) is 0 Å². The zero-order chi connectivity index (χ0) is 10.2. The summed E-state index contributed by atoms with van der Waals surface area (Å²) >= 11 is 5.86. The Morgan fingerprint density at radius 3 is 2.71 bits per heavy atom. The summed E-state index contributed by atoms with van der Waals surface area (Å²) in [5.41, 5.74) is 6.45. The molecule has 0 spiro atoms. The molecular formula is C11H14ClNO. The molecule has 1 saturated carbocycles. The van der Waals surface area contributed by atoms with Crippen molar-refractivity contribution < 1.29 is 5.11 Å². The minimum absolute atomic E-state index is 0.0787. The fraction of sp³-hybridized carbons (Fsp3) is 0.455. The monoisotopic (exact) mass is 211 g/mol. The summed E-state index contributed by atoms with van der Waals surface area (Å²) in [7, 11) is 0. The number of hydrogen-bond acceptors (Lipinski definition) is 2. The summed E-state index contributed by atoms with van der Waals surface area (Å²) in [6.07, 6.45) is 1.56. The Kier molecular flexibility index (Phi) is 2.52. The molecule has 2 nitrogen and oxygen atoms in total. The van der Waals surface area contributed by atoms with Gasteiger partial charge >= 0.3 is 0 Å². The second-order valence-electron chi connectivity index (χ2n) is 4.02. The summed E-state index contributed by atoms with van der Waals surface area (Å²) in [6, 6.07) is 7.36. The van der Waals surface area contributed by atoms with E-state index in [0.29, 0.717) is 11.6 Å². The lowest BCUT2D eigenvalue weighted by atomic mass is 9.93. The highest BCUT2D eigenvalue weighted by Crippen LogP contribution is 2.54. The van der Waals surface area contributed by atoms with Crippen LogP contribution in [-0.2, 0) is 0 Å². The molecule has 0 saturated heterocycles. The summed E-state index contributed by atoms with van der Waals surface area (Å²) < 4.78 is 0. The van der Waals surface area contributed by atoms with Crippen molar-refractivity contribution >= 4 is 11.6 Å². The number of nitrogens with two attached hydrogens (primary N) is 1. The van der Waals surface area contributed by atoms with Crippen molar-refractivity contribution in [1.82, 2.24) is 0 Å². The van der Waals surface area contributed by atoms with E-state index < -0.39 is 6.10 Å².